The Labute approximate surface area is 59.5 Å². The van der Waals surface area contributed by atoms with Crippen molar-refractivity contribution < 1.29 is 5.11 Å². The summed E-state index contributed by atoms with van der Waals surface area (Å²) in [6.45, 7) is 1.78. The number of aromatic hydroxyl groups is 1. The van der Waals surface area contributed by atoms with E-state index in [1.54, 1.807) is 25.3 Å². The van der Waals surface area contributed by atoms with E-state index < -0.39 is 0 Å². The smallest absolute Gasteiger partial charge is 0.138 e. The normalized spacial score (nSPS) is 13.0. The van der Waals surface area contributed by atoms with Gasteiger partial charge in [0.25, 0.3) is 0 Å². The first-order valence-corrected chi connectivity index (χ1v) is 3.11. The van der Waals surface area contributed by atoms with E-state index in [4.69, 9.17) is 10.8 Å². The van der Waals surface area contributed by atoms with Crippen LogP contribution in [-0.4, -0.2) is 10.1 Å². The molecule has 1 unspecified atom stereocenters. The number of hydrogen-bond donors (Lipinski definition) is 2. The summed E-state index contributed by atoms with van der Waals surface area (Å²) in [5.74, 6) is 0.164. The fourth-order valence-corrected chi connectivity index (χ4v) is 0.760. The van der Waals surface area contributed by atoms with Crippen molar-refractivity contribution in [2.75, 3.05) is 0 Å². The second-order valence-electron chi connectivity index (χ2n) is 2.20. The molecule has 1 atom stereocenters. The first-order chi connectivity index (χ1) is 4.72. The van der Waals surface area contributed by atoms with Crippen LogP contribution >= 0.6 is 0 Å². The fourth-order valence-electron chi connectivity index (χ4n) is 0.760. The van der Waals surface area contributed by atoms with Gasteiger partial charge in [-0.25, -0.2) is 0 Å². The number of nitrogens with zero attached hydrogens (tertiary/aromatic N) is 1. The second-order valence-corrected chi connectivity index (χ2v) is 2.20. The van der Waals surface area contributed by atoms with Crippen LogP contribution in [0.25, 0.3) is 0 Å². The minimum atomic E-state index is -0.207. The Morgan fingerprint density at radius 2 is 2.40 bits per heavy atom. The third kappa shape index (κ3) is 1.25. The van der Waals surface area contributed by atoms with Crippen LogP contribution in [-0.2, 0) is 0 Å². The Kier molecular flexibility index (Phi) is 1.87. The highest BCUT2D eigenvalue weighted by molar-refractivity contribution is 5.26. The van der Waals surface area contributed by atoms with Gasteiger partial charge in [-0.3, -0.25) is 4.98 Å². The van der Waals surface area contributed by atoms with Crippen LogP contribution in [0.4, 0.5) is 0 Å². The zero-order chi connectivity index (χ0) is 7.56. The zero-order valence-corrected chi connectivity index (χ0v) is 5.78. The summed E-state index contributed by atoms with van der Waals surface area (Å²) in [6, 6.07) is 3.04. The molecule has 1 heterocycles. The summed E-state index contributed by atoms with van der Waals surface area (Å²) >= 11 is 0. The number of hydrogen-bond acceptors (Lipinski definition) is 3. The average molecular weight is 138 g/mol. The van der Waals surface area contributed by atoms with Crippen molar-refractivity contribution in [1.29, 1.82) is 0 Å². The van der Waals surface area contributed by atoms with Gasteiger partial charge < -0.3 is 10.8 Å². The molecule has 3 heteroatoms. The Balaban J connectivity index is 3.03. The molecule has 0 aliphatic rings. The molecular formula is C7H10N2O. The standard InChI is InChI=1S/C7H10N2O/c1-5(8)7-6(10)3-2-4-9-7/h2-5,10H,8H2,1H3. The van der Waals surface area contributed by atoms with Crippen LogP contribution in [0.5, 0.6) is 5.75 Å². The Morgan fingerprint density at radius 3 is 2.80 bits per heavy atom. The molecule has 10 heavy (non-hydrogen) atoms. The lowest BCUT2D eigenvalue weighted by Gasteiger charge is -2.04. The highest BCUT2D eigenvalue weighted by atomic mass is 16.3. The molecule has 1 aromatic rings. The summed E-state index contributed by atoms with van der Waals surface area (Å²) in [5, 5.41) is 9.14. The van der Waals surface area contributed by atoms with E-state index in [2.05, 4.69) is 4.98 Å². The third-order valence-electron chi connectivity index (χ3n) is 1.25. The van der Waals surface area contributed by atoms with Crippen LogP contribution in [0.2, 0.25) is 0 Å². The maximum Gasteiger partial charge on any atom is 0.138 e. The first-order valence-electron chi connectivity index (χ1n) is 3.11. The lowest BCUT2D eigenvalue weighted by Crippen LogP contribution is -2.06. The summed E-state index contributed by atoms with van der Waals surface area (Å²) < 4.78 is 0. The van der Waals surface area contributed by atoms with Gasteiger partial charge >= 0.3 is 0 Å². The summed E-state index contributed by atoms with van der Waals surface area (Å²) in [4.78, 5) is 3.90. The molecule has 0 aliphatic carbocycles. The van der Waals surface area contributed by atoms with Crippen LogP contribution in [0, 0.1) is 0 Å². The molecule has 3 nitrogen and oxygen atoms in total. The molecule has 0 saturated carbocycles. The van der Waals surface area contributed by atoms with Gasteiger partial charge in [-0.2, -0.15) is 0 Å². The van der Waals surface area contributed by atoms with Crippen molar-refractivity contribution in [3.63, 3.8) is 0 Å². The lowest BCUT2D eigenvalue weighted by atomic mass is 10.2. The highest BCUT2D eigenvalue weighted by Crippen LogP contribution is 2.17. The van der Waals surface area contributed by atoms with Crippen LogP contribution in [0.15, 0.2) is 18.3 Å². The van der Waals surface area contributed by atoms with Crippen LogP contribution in [0.1, 0.15) is 18.7 Å². The Hall–Kier alpha value is -1.09. The summed E-state index contributed by atoms with van der Waals surface area (Å²) in [5.41, 5.74) is 6.04. The minimum absolute atomic E-state index is 0.164. The highest BCUT2D eigenvalue weighted by Gasteiger charge is 2.04. The minimum Gasteiger partial charge on any atom is -0.506 e. The molecule has 0 saturated heterocycles. The third-order valence-corrected chi connectivity index (χ3v) is 1.25. The van der Waals surface area contributed by atoms with Crippen molar-refractivity contribution in [2.45, 2.75) is 13.0 Å². The molecule has 0 spiro atoms. The van der Waals surface area contributed by atoms with Crippen molar-refractivity contribution in [1.82, 2.24) is 4.98 Å². The molecular weight excluding hydrogens is 128 g/mol. The fraction of sp³-hybridized carbons (Fsp3) is 0.286. The van der Waals surface area contributed by atoms with Crippen molar-refractivity contribution >= 4 is 0 Å². The number of nitrogens with two attached hydrogens (primary N) is 1. The molecule has 0 fully saturated rings. The lowest BCUT2D eigenvalue weighted by molar-refractivity contribution is 0.458. The predicted octanol–water partition coefficient (Wildman–Crippen LogP) is 0.807. The molecule has 0 radical (unpaired) electrons. The zero-order valence-electron chi connectivity index (χ0n) is 5.78. The molecule has 0 amide bonds. The van der Waals surface area contributed by atoms with Crippen LogP contribution in [0.3, 0.4) is 0 Å². The predicted molar refractivity (Wildman–Crippen MR) is 38.5 cm³/mol. The molecule has 1 aromatic heterocycles. The topological polar surface area (TPSA) is 59.1 Å². The van der Waals surface area contributed by atoms with E-state index >= 15 is 0 Å². The number of rotatable bonds is 1. The van der Waals surface area contributed by atoms with Gasteiger partial charge in [-0.1, -0.05) is 0 Å². The summed E-state index contributed by atoms with van der Waals surface area (Å²) in [7, 11) is 0. The van der Waals surface area contributed by atoms with Gasteiger partial charge in [0.15, 0.2) is 0 Å². The van der Waals surface area contributed by atoms with E-state index in [1.807, 2.05) is 0 Å². The van der Waals surface area contributed by atoms with Gasteiger partial charge in [-0.05, 0) is 19.1 Å². The van der Waals surface area contributed by atoms with E-state index in [0.717, 1.165) is 0 Å². The van der Waals surface area contributed by atoms with Crippen molar-refractivity contribution in [3.05, 3.63) is 24.0 Å². The van der Waals surface area contributed by atoms with Crippen LogP contribution < -0.4 is 5.73 Å². The van der Waals surface area contributed by atoms with Gasteiger partial charge in [0.05, 0.1) is 5.69 Å². The van der Waals surface area contributed by atoms with E-state index in [0.29, 0.717) is 5.69 Å². The van der Waals surface area contributed by atoms with Gasteiger partial charge in [0.1, 0.15) is 5.75 Å². The first kappa shape index (κ1) is 7.02. The van der Waals surface area contributed by atoms with Crippen molar-refractivity contribution in [3.8, 4) is 5.75 Å². The summed E-state index contributed by atoms with van der Waals surface area (Å²) in [6.07, 6.45) is 1.61. The number of aromatic nitrogens is 1. The van der Waals surface area contributed by atoms with Crippen molar-refractivity contribution in [2.24, 2.45) is 5.73 Å². The van der Waals surface area contributed by atoms with E-state index in [-0.39, 0.29) is 11.8 Å². The molecule has 1 rings (SSSR count). The maximum atomic E-state index is 9.14. The second kappa shape index (κ2) is 2.66. The van der Waals surface area contributed by atoms with Gasteiger partial charge in [0, 0.05) is 12.2 Å². The Morgan fingerprint density at radius 1 is 1.70 bits per heavy atom. The Bertz CT molecular complexity index is 223. The number of pyridine rings is 1. The molecule has 3 N–H and O–H groups in total. The van der Waals surface area contributed by atoms with Gasteiger partial charge in [0.2, 0.25) is 0 Å². The van der Waals surface area contributed by atoms with E-state index in [1.165, 1.54) is 0 Å². The molecule has 0 aromatic carbocycles. The molecule has 0 aliphatic heterocycles. The quantitative estimate of drug-likeness (QED) is 0.603. The monoisotopic (exact) mass is 138 g/mol. The average Bonchev–Trinajstić information content (AvgIpc) is 1.88. The van der Waals surface area contributed by atoms with E-state index in [9.17, 15) is 0 Å². The molecule has 54 valence electrons. The largest absolute Gasteiger partial charge is 0.506 e. The SMILES string of the molecule is CC(N)c1ncccc1O. The van der Waals surface area contributed by atoms with Gasteiger partial charge in [-0.15, -0.1) is 0 Å². The molecule has 0 bridgehead atoms. The maximum absolute atomic E-state index is 9.14.